The number of nitriles is 1. The summed E-state index contributed by atoms with van der Waals surface area (Å²) in [5, 5.41) is 13.9. The summed E-state index contributed by atoms with van der Waals surface area (Å²) < 4.78 is 11.0. The van der Waals surface area contributed by atoms with Crippen molar-refractivity contribution in [3.05, 3.63) is 66.2 Å². The van der Waals surface area contributed by atoms with Crippen molar-refractivity contribution in [2.75, 3.05) is 12.4 Å². The van der Waals surface area contributed by atoms with E-state index in [1.807, 2.05) is 48.5 Å². The zero-order valence-corrected chi connectivity index (χ0v) is 14.5. The van der Waals surface area contributed by atoms with Crippen molar-refractivity contribution in [3.63, 3.8) is 0 Å². The van der Waals surface area contributed by atoms with Crippen molar-refractivity contribution in [3.8, 4) is 17.6 Å². The number of benzene rings is 3. The minimum Gasteiger partial charge on any atom is -0.493 e. The third kappa shape index (κ3) is 3.60. The van der Waals surface area contributed by atoms with E-state index in [9.17, 15) is 4.79 Å². The van der Waals surface area contributed by atoms with Crippen LogP contribution >= 0.6 is 0 Å². The maximum absolute atomic E-state index is 12.6. The van der Waals surface area contributed by atoms with Gasteiger partial charge in [-0.25, -0.2) is 0 Å². The molecule has 1 atom stereocenters. The van der Waals surface area contributed by atoms with Crippen LogP contribution in [-0.2, 0) is 4.79 Å². The maximum atomic E-state index is 12.6. The van der Waals surface area contributed by atoms with E-state index in [1.165, 1.54) is 7.11 Å². The SMILES string of the molecule is COc1cc(C#N)ccc1O[C@@H](C)C(=O)Nc1cccc2ccccc12. The molecule has 0 unspecified atom stereocenters. The molecule has 0 aliphatic carbocycles. The number of rotatable bonds is 5. The second kappa shape index (κ2) is 7.58. The van der Waals surface area contributed by atoms with E-state index < -0.39 is 6.10 Å². The molecule has 0 spiro atoms. The lowest BCUT2D eigenvalue weighted by Crippen LogP contribution is -2.30. The van der Waals surface area contributed by atoms with Crippen molar-refractivity contribution in [1.82, 2.24) is 0 Å². The van der Waals surface area contributed by atoms with Gasteiger partial charge in [-0.2, -0.15) is 5.26 Å². The summed E-state index contributed by atoms with van der Waals surface area (Å²) in [4.78, 5) is 12.6. The lowest BCUT2D eigenvalue weighted by molar-refractivity contribution is -0.122. The number of ether oxygens (including phenoxy) is 2. The average Bonchev–Trinajstić information content (AvgIpc) is 2.68. The van der Waals surface area contributed by atoms with Crippen LogP contribution in [0.15, 0.2) is 60.7 Å². The molecule has 26 heavy (non-hydrogen) atoms. The molecular formula is C21H18N2O3. The van der Waals surface area contributed by atoms with Crippen LogP contribution in [0.1, 0.15) is 12.5 Å². The number of hydrogen-bond acceptors (Lipinski definition) is 4. The van der Waals surface area contributed by atoms with E-state index in [4.69, 9.17) is 14.7 Å². The first-order valence-electron chi connectivity index (χ1n) is 8.16. The van der Waals surface area contributed by atoms with Crippen molar-refractivity contribution in [2.45, 2.75) is 13.0 Å². The molecule has 0 bridgehead atoms. The predicted molar refractivity (Wildman–Crippen MR) is 100 cm³/mol. The van der Waals surface area contributed by atoms with Gasteiger partial charge >= 0.3 is 0 Å². The highest BCUT2D eigenvalue weighted by Crippen LogP contribution is 2.29. The molecule has 0 aliphatic heterocycles. The molecule has 3 rings (SSSR count). The fourth-order valence-electron chi connectivity index (χ4n) is 2.65. The summed E-state index contributed by atoms with van der Waals surface area (Å²) in [7, 11) is 1.49. The van der Waals surface area contributed by atoms with Gasteiger partial charge in [-0.3, -0.25) is 4.79 Å². The number of carbonyl (C=O) groups excluding carboxylic acids is 1. The van der Waals surface area contributed by atoms with Gasteiger partial charge in [0.1, 0.15) is 0 Å². The smallest absolute Gasteiger partial charge is 0.265 e. The first-order chi connectivity index (χ1) is 12.6. The topological polar surface area (TPSA) is 71.3 Å². The van der Waals surface area contributed by atoms with Crippen LogP contribution in [0.4, 0.5) is 5.69 Å². The molecule has 130 valence electrons. The summed E-state index contributed by atoms with van der Waals surface area (Å²) >= 11 is 0. The van der Waals surface area contributed by atoms with Crippen LogP contribution in [-0.4, -0.2) is 19.1 Å². The standard InChI is InChI=1S/C21H18N2O3/c1-14(26-19-11-10-15(13-22)12-20(19)25-2)21(24)23-18-9-5-7-16-6-3-4-8-17(16)18/h3-12,14H,1-2H3,(H,23,24)/t14-/m0/s1. The van der Waals surface area contributed by atoms with E-state index in [0.29, 0.717) is 17.1 Å². The van der Waals surface area contributed by atoms with Gasteiger partial charge in [0.15, 0.2) is 17.6 Å². The van der Waals surface area contributed by atoms with Crippen molar-refractivity contribution < 1.29 is 14.3 Å². The molecule has 0 aromatic heterocycles. The van der Waals surface area contributed by atoms with E-state index in [-0.39, 0.29) is 5.91 Å². The Morgan fingerprint density at radius 2 is 1.85 bits per heavy atom. The monoisotopic (exact) mass is 346 g/mol. The van der Waals surface area contributed by atoms with Gasteiger partial charge in [0.05, 0.1) is 18.7 Å². The molecule has 1 amide bonds. The first kappa shape index (κ1) is 17.3. The largest absolute Gasteiger partial charge is 0.493 e. The molecule has 0 radical (unpaired) electrons. The minimum atomic E-state index is -0.740. The Kier molecular flexibility index (Phi) is 5.04. The summed E-state index contributed by atoms with van der Waals surface area (Å²) in [6, 6.07) is 20.4. The van der Waals surface area contributed by atoms with Gasteiger partial charge in [0.2, 0.25) is 0 Å². The minimum absolute atomic E-state index is 0.271. The predicted octanol–water partition coefficient (Wildman–Crippen LogP) is 4.13. The molecular weight excluding hydrogens is 328 g/mol. The molecule has 0 saturated heterocycles. The normalized spacial score (nSPS) is 11.4. The van der Waals surface area contributed by atoms with E-state index in [1.54, 1.807) is 25.1 Å². The molecule has 3 aromatic carbocycles. The third-order valence-electron chi connectivity index (χ3n) is 4.01. The number of hydrogen-bond donors (Lipinski definition) is 1. The Hall–Kier alpha value is -3.52. The van der Waals surface area contributed by atoms with Gasteiger partial charge in [-0.1, -0.05) is 36.4 Å². The van der Waals surface area contributed by atoms with E-state index in [0.717, 1.165) is 16.5 Å². The van der Waals surface area contributed by atoms with Crippen LogP contribution < -0.4 is 14.8 Å². The number of anilines is 1. The Bertz CT molecular complexity index is 987. The molecule has 5 nitrogen and oxygen atoms in total. The van der Waals surface area contributed by atoms with E-state index >= 15 is 0 Å². The lowest BCUT2D eigenvalue weighted by atomic mass is 10.1. The number of nitrogens with one attached hydrogen (secondary N) is 1. The summed E-state index contributed by atoms with van der Waals surface area (Å²) in [6.07, 6.45) is -0.740. The highest BCUT2D eigenvalue weighted by molar-refractivity contribution is 6.03. The molecule has 1 N–H and O–H groups in total. The van der Waals surface area contributed by atoms with Crippen molar-refractivity contribution in [1.29, 1.82) is 5.26 Å². The average molecular weight is 346 g/mol. The van der Waals surface area contributed by atoms with Crippen LogP contribution in [0, 0.1) is 11.3 Å². The number of methoxy groups -OCH3 is 1. The zero-order chi connectivity index (χ0) is 18.5. The molecule has 3 aromatic rings. The van der Waals surface area contributed by atoms with E-state index in [2.05, 4.69) is 5.32 Å². The quantitative estimate of drug-likeness (QED) is 0.754. The number of amides is 1. The number of nitrogens with zero attached hydrogens (tertiary/aromatic N) is 1. The fraction of sp³-hybridized carbons (Fsp3) is 0.143. The van der Waals surface area contributed by atoms with Crippen LogP contribution in [0.25, 0.3) is 10.8 Å². The first-order valence-corrected chi connectivity index (χ1v) is 8.16. The Morgan fingerprint density at radius 3 is 2.62 bits per heavy atom. The second-order valence-electron chi connectivity index (χ2n) is 5.75. The van der Waals surface area contributed by atoms with Crippen molar-refractivity contribution in [2.24, 2.45) is 0 Å². The third-order valence-corrected chi connectivity index (χ3v) is 4.01. The lowest BCUT2D eigenvalue weighted by Gasteiger charge is -2.17. The van der Waals surface area contributed by atoms with Gasteiger partial charge < -0.3 is 14.8 Å². The van der Waals surface area contributed by atoms with Crippen LogP contribution in [0.2, 0.25) is 0 Å². The Labute approximate surface area is 151 Å². The van der Waals surface area contributed by atoms with Gasteiger partial charge in [0, 0.05) is 17.1 Å². The van der Waals surface area contributed by atoms with Crippen LogP contribution in [0.5, 0.6) is 11.5 Å². The molecule has 5 heteroatoms. The Balaban J connectivity index is 1.77. The Morgan fingerprint density at radius 1 is 1.08 bits per heavy atom. The van der Waals surface area contributed by atoms with Crippen molar-refractivity contribution >= 4 is 22.4 Å². The summed E-state index contributed by atoms with van der Waals surface area (Å²) in [5.74, 6) is 0.550. The van der Waals surface area contributed by atoms with Gasteiger partial charge in [-0.15, -0.1) is 0 Å². The van der Waals surface area contributed by atoms with Crippen LogP contribution in [0.3, 0.4) is 0 Å². The summed E-state index contributed by atoms with van der Waals surface area (Å²) in [6.45, 7) is 1.66. The fourth-order valence-corrected chi connectivity index (χ4v) is 2.65. The number of fused-ring (bicyclic) bond motifs is 1. The highest BCUT2D eigenvalue weighted by Gasteiger charge is 2.18. The van der Waals surface area contributed by atoms with Gasteiger partial charge in [0.25, 0.3) is 5.91 Å². The highest BCUT2D eigenvalue weighted by atomic mass is 16.5. The number of carbonyl (C=O) groups is 1. The van der Waals surface area contributed by atoms with Gasteiger partial charge in [-0.05, 0) is 30.5 Å². The molecule has 0 fully saturated rings. The molecule has 0 saturated carbocycles. The zero-order valence-electron chi connectivity index (χ0n) is 14.5. The maximum Gasteiger partial charge on any atom is 0.265 e. The summed E-state index contributed by atoms with van der Waals surface area (Å²) in [5.41, 5.74) is 1.19. The molecule has 0 heterocycles. The molecule has 0 aliphatic rings. The second-order valence-corrected chi connectivity index (χ2v) is 5.75.